The molecule has 0 atom stereocenters. The van der Waals surface area contributed by atoms with Crippen molar-refractivity contribution in [2.75, 3.05) is 7.05 Å². The van der Waals surface area contributed by atoms with Crippen molar-refractivity contribution in [1.29, 1.82) is 0 Å². The van der Waals surface area contributed by atoms with Crippen LogP contribution in [0.4, 0.5) is 0 Å². The Labute approximate surface area is 152 Å². The number of amides is 1. The smallest absolute Gasteiger partial charge is 0.251 e. The van der Waals surface area contributed by atoms with E-state index in [1.165, 1.54) is 21.9 Å². The van der Waals surface area contributed by atoms with Crippen LogP contribution in [0.2, 0.25) is 0 Å². The lowest BCUT2D eigenvalue weighted by atomic mass is 9.97. The zero-order valence-electron chi connectivity index (χ0n) is 14.6. The molecule has 0 spiro atoms. The highest BCUT2D eigenvalue weighted by atomic mass is 16.1. The van der Waals surface area contributed by atoms with E-state index in [0.29, 0.717) is 5.56 Å². The number of hydrogen-bond acceptors (Lipinski definition) is 2. The van der Waals surface area contributed by atoms with Gasteiger partial charge in [-0.2, -0.15) is 0 Å². The van der Waals surface area contributed by atoms with Gasteiger partial charge >= 0.3 is 0 Å². The largest absolute Gasteiger partial charge is 0.355 e. The third-order valence-electron chi connectivity index (χ3n) is 4.98. The van der Waals surface area contributed by atoms with Gasteiger partial charge in [-0.15, -0.1) is 0 Å². The molecule has 1 aliphatic carbocycles. The molecule has 1 amide bonds. The Morgan fingerprint density at radius 2 is 1.77 bits per heavy atom. The van der Waals surface area contributed by atoms with E-state index in [2.05, 4.69) is 23.5 Å². The first-order chi connectivity index (χ1) is 12.7. The molecule has 1 N–H and O–H groups in total. The molecule has 128 valence electrons. The fourth-order valence-corrected chi connectivity index (χ4v) is 3.65. The molecule has 0 heterocycles. The highest BCUT2D eigenvalue weighted by Gasteiger charge is 2.19. The maximum Gasteiger partial charge on any atom is 0.251 e. The van der Waals surface area contributed by atoms with Crippen molar-refractivity contribution in [3.8, 4) is 0 Å². The summed E-state index contributed by atoms with van der Waals surface area (Å²) in [5, 5.41) is 5.05. The zero-order valence-corrected chi connectivity index (χ0v) is 14.6. The molecule has 4 rings (SSSR count). The van der Waals surface area contributed by atoms with Gasteiger partial charge in [0, 0.05) is 18.2 Å². The summed E-state index contributed by atoms with van der Waals surface area (Å²) in [5.74, 6) is -0.0967. The van der Waals surface area contributed by atoms with E-state index in [9.17, 15) is 9.59 Å². The van der Waals surface area contributed by atoms with Crippen molar-refractivity contribution >= 4 is 28.5 Å². The average molecular weight is 341 g/mol. The second kappa shape index (κ2) is 6.60. The molecule has 0 radical (unpaired) electrons. The molecule has 1 aliphatic rings. The second-order valence-corrected chi connectivity index (χ2v) is 6.51. The second-order valence-electron chi connectivity index (χ2n) is 6.51. The zero-order chi connectivity index (χ0) is 18.1. The Morgan fingerprint density at radius 1 is 0.962 bits per heavy atom. The van der Waals surface area contributed by atoms with Crippen LogP contribution in [0.25, 0.3) is 16.8 Å². The van der Waals surface area contributed by atoms with Crippen molar-refractivity contribution < 1.29 is 9.59 Å². The number of aryl methyl sites for hydroxylation is 2. The lowest BCUT2D eigenvalue weighted by Gasteiger charge is -2.06. The summed E-state index contributed by atoms with van der Waals surface area (Å²) < 4.78 is 0. The van der Waals surface area contributed by atoms with Crippen LogP contribution in [0.3, 0.4) is 0 Å². The normalized spacial score (nSPS) is 12.7. The van der Waals surface area contributed by atoms with Crippen molar-refractivity contribution in [2.24, 2.45) is 0 Å². The summed E-state index contributed by atoms with van der Waals surface area (Å²) in [6, 6.07) is 17.5. The van der Waals surface area contributed by atoms with Crippen molar-refractivity contribution in [2.45, 2.75) is 12.8 Å². The van der Waals surface area contributed by atoms with Crippen LogP contribution in [0.15, 0.2) is 60.7 Å². The molecular formula is C23H19NO2. The van der Waals surface area contributed by atoms with E-state index < -0.39 is 0 Å². The summed E-state index contributed by atoms with van der Waals surface area (Å²) >= 11 is 0. The van der Waals surface area contributed by atoms with Gasteiger partial charge in [0.25, 0.3) is 5.91 Å². The Hall–Kier alpha value is -3.20. The molecule has 26 heavy (non-hydrogen) atoms. The molecule has 0 fully saturated rings. The van der Waals surface area contributed by atoms with Crippen LogP contribution < -0.4 is 5.32 Å². The molecule has 3 aromatic carbocycles. The maximum absolute atomic E-state index is 12.7. The van der Waals surface area contributed by atoms with E-state index in [1.54, 1.807) is 31.3 Å². The van der Waals surface area contributed by atoms with E-state index in [4.69, 9.17) is 0 Å². The van der Waals surface area contributed by atoms with Gasteiger partial charge in [-0.05, 0) is 58.5 Å². The Bertz CT molecular complexity index is 1050. The molecule has 3 nitrogen and oxygen atoms in total. The summed E-state index contributed by atoms with van der Waals surface area (Å²) in [6.45, 7) is 0. The monoisotopic (exact) mass is 341 g/mol. The highest BCUT2D eigenvalue weighted by Crippen LogP contribution is 2.33. The number of ketones is 1. The SMILES string of the molecule is CNC(=O)c1ccc(C=CC(=O)c2ccc3cccc4c3c2CC4)cc1. The molecule has 3 aromatic rings. The van der Waals surface area contributed by atoms with Crippen LogP contribution in [0.1, 0.15) is 37.4 Å². The predicted molar refractivity (Wildman–Crippen MR) is 105 cm³/mol. The third kappa shape index (κ3) is 2.82. The van der Waals surface area contributed by atoms with Gasteiger partial charge in [0.2, 0.25) is 0 Å². The number of carbonyl (C=O) groups excluding carboxylic acids is 2. The fraction of sp³-hybridized carbons (Fsp3) is 0.130. The van der Waals surface area contributed by atoms with Gasteiger partial charge in [-0.25, -0.2) is 0 Å². The number of rotatable bonds is 4. The van der Waals surface area contributed by atoms with Crippen LogP contribution >= 0.6 is 0 Å². The van der Waals surface area contributed by atoms with Crippen molar-refractivity contribution in [1.82, 2.24) is 5.32 Å². The molecule has 0 aliphatic heterocycles. The van der Waals surface area contributed by atoms with Gasteiger partial charge in [0.1, 0.15) is 0 Å². The van der Waals surface area contributed by atoms with Gasteiger partial charge in [-0.3, -0.25) is 9.59 Å². The lowest BCUT2D eigenvalue weighted by Crippen LogP contribution is -2.17. The standard InChI is InChI=1S/C23H19NO2/c1-24-23(26)18-8-5-15(6-9-18)7-14-21(25)19-12-10-16-3-2-4-17-11-13-20(19)22(16)17/h2-10,12,14H,11,13H2,1H3,(H,24,26). The summed E-state index contributed by atoms with van der Waals surface area (Å²) in [5.41, 5.74) is 4.79. The minimum absolute atomic E-state index is 0.0222. The first-order valence-corrected chi connectivity index (χ1v) is 8.75. The summed E-state index contributed by atoms with van der Waals surface area (Å²) in [4.78, 5) is 24.3. The van der Waals surface area contributed by atoms with Gasteiger partial charge < -0.3 is 5.32 Å². The summed E-state index contributed by atoms with van der Waals surface area (Å²) in [7, 11) is 1.61. The molecule has 0 unspecified atom stereocenters. The maximum atomic E-state index is 12.7. The van der Waals surface area contributed by atoms with E-state index in [0.717, 1.165) is 24.0 Å². The minimum Gasteiger partial charge on any atom is -0.355 e. The number of carbonyl (C=O) groups is 2. The van der Waals surface area contributed by atoms with E-state index >= 15 is 0 Å². The van der Waals surface area contributed by atoms with Crippen molar-refractivity contribution in [3.63, 3.8) is 0 Å². The van der Waals surface area contributed by atoms with Gasteiger partial charge in [0.05, 0.1) is 0 Å². The van der Waals surface area contributed by atoms with E-state index in [-0.39, 0.29) is 11.7 Å². The van der Waals surface area contributed by atoms with Crippen LogP contribution in [0, 0.1) is 0 Å². The molecule has 0 saturated heterocycles. The van der Waals surface area contributed by atoms with Gasteiger partial charge in [0.15, 0.2) is 5.78 Å². The first kappa shape index (κ1) is 16.3. The minimum atomic E-state index is -0.119. The highest BCUT2D eigenvalue weighted by molar-refractivity contribution is 6.11. The van der Waals surface area contributed by atoms with E-state index in [1.807, 2.05) is 24.3 Å². The molecular weight excluding hydrogens is 322 g/mol. The Balaban J connectivity index is 1.61. The Kier molecular flexibility index (Phi) is 4.13. The number of hydrogen-bond donors (Lipinski definition) is 1. The first-order valence-electron chi connectivity index (χ1n) is 8.75. The van der Waals surface area contributed by atoms with Crippen LogP contribution in [-0.2, 0) is 12.8 Å². The van der Waals surface area contributed by atoms with Crippen LogP contribution in [0.5, 0.6) is 0 Å². The van der Waals surface area contributed by atoms with Crippen molar-refractivity contribution in [3.05, 3.63) is 88.5 Å². The number of benzene rings is 3. The van der Waals surface area contributed by atoms with Crippen LogP contribution in [-0.4, -0.2) is 18.7 Å². The lowest BCUT2D eigenvalue weighted by molar-refractivity contribution is 0.0962. The molecule has 3 heteroatoms. The quantitative estimate of drug-likeness (QED) is 0.571. The molecule has 0 saturated carbocycles. The topological polar surface area (TPSA) is 46.2 Å². The number of allylic oxidation sites excluding steroid dienone is 1. The Morgan fingerprint density at radius 3 is 2.54 bits per heavy atom. The molecule has 0 aromatic heterocycles. The average Bonchev–Trinajstić information content (AvgIpc) is 3.12. The number of nitrogens with one attached hydrogen (secondary N) is 1. The summed E-state index contributed by atoms with van der Waals surface area (Å²) in [6.07, 6.45) is 5.34. The fourth-order valence-electron chi connectivity index (χ4n) is 3.65. The molecule has 0 bridgehead atoms. The third-order valence-corrected chi connectivity index (χ3v) is 4.98. The predicted octanol–water partition coefficient (Wildman–Crippen LogP) is 4.19. The van der Waals surface area contributed by atoms with Gasteiger partial charge in [-0.1, -0.05) is 48.5 Å².